The number of rotatable bonds is 5. The van der Waals surface area contributed by atoms with Crippen LogP contribution in [-0.4, -0.2) is 23.1 Å². The zero-order chi connectivity index (χ0) is 15.1. The highest BCUT2D eigenvalue weighted by atomic mass is 35.5. The van der Waals surface area contributed by atoms with Crippen molar-refractivity contribution in [1.29, 1.82) is 0 Å². The van der Waals surface area contributed by atoms with Crippen molar-refractivity contribution in [2.75, 3.05) is 5.32 Å². The van der Waals surface area contributed by atoms with E-state index in [9.17, 15) is 4.79 Å². The van der Waals surface area contributed by atoms with Crippen LogP contribution in [0.1, 0.15) is 12.6 Å². The van der Waals surface area contributed by atoms with Crippen molar-refractivity contribution in [1.82, 2.24) is 10.4 Å². The number of hydrogen-bond acceptors (Lipinski definition) is 4. The average Bonchev–Trinajstić information content (AvgIpc) is 2.48. The molecule has 1 aromatic heterocycles. The van der Waals surface area contributed by atoms with Gasteiger partial charge in [-0.3, -0.25) is 9.78 Å². The van der Waals surface area contributed by atoms with Gasteiger partial charge in [-0.15, -0.1) is 0 Å². The minimum atomic E-state index is -0.440. The number of pyridine rings is 1. The molecule has 0 fully saturated rings. The molecule has 1 atom stereocenters. The predicted molar refractivity (Wildman–Crippen MR) is 84.5 cm³/mol. The predicted octanol–water partition coefficient (Wildman–Crippen LogP) is 2.69. The molecule has 0 radical (unpaired) electrons. The van der Waals surface area contributed by atoms with Gasteiger partial charge in [-0.1, -0.05) is 23.7 Å². The van der Waals surface area contributed by atoms with Gasteiger partial charge < -0.3 is 5.32 Å². The monoisotopic (exact) mass is 302 g/mol. The molecule has 2 rings (SSSR count). The Bertz CT molecular complexity index is 631. The van der Waals surface area contributed by atoms with E-state index in [2.05, 4.69) is 20.8 Å². The van der Waals surface area contributed by atoms with E-state index in [4.69, 9.17) is 11.6 Å². The first kappa shape index (κ1) is 15.0. The molecule has 1 aromatic carbocycles. The van der Waals surface area contributed by atoms with Gasteiger partial charge in [0.1, 0.15) is 6.04 Å². The molecule has 0 aliphatic rings. The highest BCUT2D eigenvalue weighted by Gasteiger charge is 2.11. The number of anilines is 1. The third-order valence-corrected chi connectivity index (χ3v) is 2.90. The number of hydrogen-bond donors (Lipinski definition) is 2. The fraction of sp³-hybridized carbons (Fsp3) is 0.133. The summed E-state index contributed by atoms with van der Waals surface area (Å²) in [4.78, 5) is 15.9. The Morgan fingerprint density at radius 3 is 2.90 bits per heavy atom. The summed E-state index contributed by atoms with van der Waals surface area (Å²) < 4.78 is 0. The number of carbonyl (C=O) groups is 1. The Hall–Kier alpha value is -2.40. The maximum atomic E-state index is 11.9. The number of aromatic nitrogens is 1. The molecule has 0 saturated heterocycles. The van der Waals surface area contributed by atoms with E-state index >= 15 is 0 Å². The van der Waals surface area contributed by atoms with Gasteiger partial charge in [0.05, 0.1) is 11.9 Å². The minimum Gasteiger partial charge on any atom is -0.374 e. The molecule has 1 amide bonds. The van der Waals surface area contributed by atoms with Gasteiger partial charge in [0, 0.05) is 16.9 Å². The van der Waals surface area contributed by atoms with Gasteiger partial charge in [0.25, 0.3) is 5.91 Å². The molecular weight excluding hydrogens is 288 g/mol. The first-order chi connectivity index (χ1) is 10.1. The molecule has 1 unspecified atom stereocenters. The second kappa shape index (κ2) is 7.40. The quantitative estimate of drug-likeness (QED) is 0.659. The molecule has 0 saturated carbocycles. The first-order valence-electron chi connectivity index (χ1n) is 6.41. The van der Waals surface area contributed by atoms with Crippen molar-refractivity contribution in [2.24, 2.45) is 5.10 Å². The van der Waals surface area contributed by atoms with Crippen molar-refractivity contribution in [2.45, 2.75) is 13.0 Å². The summed E-state index contributed by atoms with van der Waals surface area (Å²) in [5.74, 6) is -0.248. The summed E-state index contributed by atoms with van der Waals surface area (Å²) in [6.45, 7) is 1.74. The van der Waals surface area contributed by atoms with Crippen LogP contribution in [0.4, 0.5) is 5.69 Å². The Morgan fingerprint density at radius 1 is 1.33 bits per heavy atom. The number of nitrogens with zero attached hydrogens (tertiary/aromatic N) is 2. The van der Waals surface area contributed by atoms with E-state index in [1.54, 1.807) is 31.3 Å². The van der Waals surface area contributed by atoms with Gasteiger partial charge in [0.15, 0.2) is 0 Å². The van der Waals surface area contributed by atoms with Crippen LogP contribution < -0.4 is 10.7 Å². The lowest BCUT2D eigenvalue weighted by molar-refractivity contribution is -0.121. The summed E-state index contributed by atoms with van der Waals surface area (Å²) >= 11 is 5.89. The van der Waals surface area contributed by atoms with E-state index < -0.39 is 6.04 Å². The smallest absolute Gasteiger partial charge is 0.262 e. The zero-order valence-electron chi connectivity index (χ0n) is 11.5. The lowest BCUT2D eigenvalue weighted by atomic mass is 10.2. The Labute approximate surface area is 128 Å². The van der Waals surface area contributed by atoms with Gasteiger partial charge >= 0.3 is 0 Å². The van der Waals surface area contributed by atoms with Crippen molar-refractivity contribution in [3.05, 3.63) is 59.4 Å². The maximum Gasteiger partial charge on any atom is 0.262 e. The van der Waals surface area contributed by atoms with E-state index in [0.29, 0.717) is 10.7 Å². The topological polar surface area (TPSA) is 66.4 Å². The van der Waals surface area contributed by atoms with E-state index in [1.165, 1.54) is 6.21 Å². The number of nitrogens with one attached hydrogen (secondary N) is 2. The van der Waals surface area contributed by atoms with Crippen molar-refractivity contribution < 1.29 is 4.79 Å². The van der Waals surface area contributed by atoms with Crippen LogP contribution in [-0.2, 0) is 4.79 Å². The number of hydrazone groups is 1. The summed E-state index contributed by atoms with van der Waals surface area (Å²) in [6.07, 6.45) is 3.15. The molecule has 0 spiro atoms. The standard InChI is InChI=1S/C15H15ClN4O/c1-11(19-13-7-4-5-12(16)9-13)15(21)20-18-10-14-6-2-3-8-17-14/h2-11,19H,1H3,(H,20,21). The third-order valence-electron chi connectivity index (χ3n) is 2.66. The minimum absolute atomic E-state index is 0.248. The van der Waals surface area contributed by atoms with Gasteiger partial charge in [-0.05, 0) is 37.3 Å². The lowest BCUT2D eigenvalue weighted by Crippen LogP contribution is -2.34. The molecule has 0 aliphatic carbocycles. The van der Waals surface area contributed by atoms with Crippen LogP contribution >= 0.6 is 11.6 Å². The molecule has 21 heavy (non-hydrogen) atoms. The second-order valence-electron chi connectivity index (χ2n) is 4.37. The largest absolute Gasteiger partial charge is 0.374 e. The van der Waals surface area contributed by atoms with E-state index in [1.807, 2.05) is 24.3 Å². The van der Waals surface area contributed by atoms with Crippen LogP contribution in [0.5, 0.6) is 0 Å². The van der Waals surface area contributed by atoms with Crippen molar-refractivity contribution in [3.63, 3.8) is 0 Å². The van der Waals surface area contributed by atoms with Crippen LogP contribution in [0.25, 0.3) is 0 Å². The molecular formula is C15H15ClN4O. The SMILES string of the molecule is CC(Nc1cccc(Cl)c1)C(=O)NN=Cc1ccccn1. The summed E-state index contributed by atoms with van der Waals surface area (Å²) in [6, 6.07) is 12.2. The summed E-state index contributed by atoms with van der Waals surface area (Å²) in [5, 5.41) is 7.53. The molecule has 1 heterocycles. The van der Waals surface area contributed by atoms with Gasteiger partial charge in [-0.25, -0.2) is 5.43 Å². The summed E-state index contributed by atoms with van der Waals surface area (Å²) in [5.41, 5.74) is 3.91. The molecule has 2 N–H and O–H groups in total. The zero-order valence-corrected chi connectivity index (χ0v) is 12.2. The highest BCUT2D eigenvalue weighted by molar-refractivity contribution is 6.30. The van der Waals surface area contributed by atoms with Crippen LogP contribution in [0, 0.1) is 0 Å². The van der Waals surface area contributed by atoms with Crippen molar-refractivity contribution in [3.8, 4) is 0 Å². The van der Waals surface area contributed by atoms with Crippen LogP contribution in [0.3, 0.4) is 0 Å². The van der Waals surface area contributed by atoms with E-state index in [0.717, 1.165) is 5.69 Å². The highest BCUT2D eigenvalue weighted by Crippen LogP contribution is 2.15. The number of halogens is 1. The molecule has 0 aliphatic heterocycles. The lowest BCUT2D eigenvalue weighted by Gasteiger charge is -2.13. The molecule has 108 valence electrons. The molecule has 5 nitrogen and oxygen atoms in total. The Morgan fingerprint density at radius 2 is 2.19 bits per heavy atom. The molecule has 6 heteroatoms. The van der Waals surface area contributed by atoms with Gasteiger partial charge in [0.2, 0.25) is 0 Å². The average molecular weight is 303 g/mol. The number of benzene rings is 1. The first-order valence-corrected chi connectivity index (χ1v) is 6.79. The fourth-order valence-corrected chi connectivity index (χ4v) is 1.80. The number of carbonyl (C=O) groups excluding carboxylic acids is 1. The van der Waals surface area contributed by atoms with Crippen molar-refractivity contribution >= 4 is 29.4 Å². The van der Waals surface area contributed by atoms with Crippen LogP contribution in [0.15, 0.2) is 53.8 Å². The fourth-order valence-electron chi connectivity index (χ4n) is 1.60. The summed E-state index contributed by atoms with van der Waals surface area (Å²) in [7, 11) is 0. The third kappa shape index (κ3) is 4.89. The van der Waals surface area contributed by atoms with Gasteiger partial charge in [-0.2, -0.15) is 5.10 Å². The Balaban J connectivity index is 1.87. The van der Waals surface area contributed by atoms with Crippen LogP contribution in [0.2, 0.25) is 5.02 Å². The number of amides is 1. The normalized spacial score (nSPS) is 12.1. The Kier molecular flexibility index (Phi) is 5.29. The second-order valence-corrected chi connectivity index (χ2v) is 4.80. The molecule has 2 aromatic rings. The maximum absolute atomic E-state index is 11.9. The molecule has 0 bridgehead atoms. The van der Waals surface area contributed by atoms with E-state index in [-0.39, 0.29) is 5.91 Å².